The van der Waals surface area contributed by atoms with Crippen molar-refractivity contribution in [2.24, 2.45) is 0 Å². The van der Waals surface area contributed by atoms with Gasteiger partial charge in [0.2, 0.25) is 5.91 Å². The Morgan fingerprint density at radius 3 is 2.38 bits per heavy atom. The van der Waals surface area contributed by atoms with E-state index in [4.69, 9.17) is 0 Å². The van der Waals surface area contributed by atoms with Crippen molar-refractivity contribution in [1.82, 2.24) is 0 Å². The van der Waals surface area contributed by atoms with E-state index < -0.39 is 9.84 Å². The Bertz CT molecular complexity index is 890. The zero-order chi connectivity index (χ0) is 19.3. The predicted molar refractivity (Wildman–Crippen MR) is 107 cm³/mol. The van der Waals surface area contributed by atoms with Crippen LogP contribution in [0.3, 0.4) is 0 Å². The van der Waals surface area contributed by atoms with Gasteiger partial charge >= 0.3 is 0 Å². The van der Waals surface area contributed by atoms with Gasteiger partial charge in [0.15, 0.2) is 9.84 Å². The van der Waals surface area contributed by atoms with Crippen LogP contribution in [0.1, 0.15) is 37.8 Å². The maximum atomic E-state index is 12.3. The molecule has 0 saturated carbocycles. The number of amides is 1. The minimum absolute atomic E-state index is 0.0135. The van der Waals surface area contributed by atoms with Crippen LogP contribution >= 0.6 is 0 Å². The van der Waals surface area contributed by atoms with Crippen LogP contribution in [0, 0.1) is 0 Å². The summed E-state index contributed by atoms with van der Waals surface area (Å²) in [4.78, 5) is 12.5. The van der Waals surface area contributed by atoms with E-state index in [2.05, 4.69) is 24.5 Å². The molecule has 0 radical (unpaired) electrons. The van der Waals surface area contributed by atoms with E-state index in [-0.39, 0.29) is 23.3 Å². The second-order valence-corrected chi connectivity index (χ2v) is 8.58. The fraction of sp³-hybridized carbons (Fsp3) is 0.350. The molecule has 0 atom stereocenters. The first kappa shape index (κ1) is 20.0. The lowest BCUT2D eigenvalue weighted by molar-refractivity contribution is -0.114. The van der Waals surface area contributed by atoms with E-state index in [1.807, 2.05) is 37.3 Å². The summed E-state index contributed by atoms with van der Waals surface area (Å²) in [5.74, 6) is 0.0648. The van der Waals surface area contributed by atoms with Crippen LogP contribution in [0.4, 0.5) is 11.4 Å². The summed E-state index contributed by atoms with van der Waals surface area (Å²) in [5.41, 5.74) is 3.22. The molecule has 140 valence electrons. The zero-order valence-electron chi connectivity index (χ0n) is 15.7. The number of aryl methyl sites for hydroxylation is 1. The Morgan fingerprint density at radius 2 is 1.77 bits per heavy atom. The molecular formula is C20H26N2O3S. The summed E-state index contributed by atoms with van der Waals surface area (Å²) in [5, 5.41) is 5.84. The van der Waals surface area contributed by atoms with Gasteiger partial charge in [0, 0.05) is 11.9 Å². The molecule has 0 aliphatic carbocycles. The van der Waals surface area contributed by atoms with Crippen LogP contribution in [0.2, 0.25) is 0 Å². The quantitative estimate of drug-likeness (QED) is 0.772. The first-order valence-corrected chi connectivity index (χ1v) is 10.6. The van der Waals surface area contributed by atoms with Crippen molar-refractivity contribution >= 4 is 27.1 Å². The summed E-state index contributed by atoms with van der Waals surface area (Å²) < 4.78 is 24.1. The molecule has 2 aromatic carbocycles. The maximum absolute atomic E-state index is 12.3. The fourth-order valence-corrected chi connectivity index (χ4v) is 3.63. The van der Waals surface area contributed by atoms with Crippen molar-refractivity contribution in [2.45, 2.75) is 38.0 Å². The smallest absolute Gasteiger partial charge is 0.243 e. The molecule has 2 N–H and O–H groups in total. The number of carbonyl (C=O) groups excluding carboxylic acids is 1. The van der Waals surface area contributed by atoms with E-state index in [9.17, 15) is 13.2 Å². The lowest BCUT2D eigenvalue weighted by atomic mass is 10.0. The van der Waals surface area contributed by atoms with Crippen LogP contribution in [-0.4, -0.2) is 27.1 Å². The van der Waals surface area contributed by atoms with Crippen molar-refractivity contribution in [1.29, 1.82) is 0 Å². The normalized spacial score (nSPS) is 11.4. The number of rotatable bonds is 7. The van der Waals surface area contributed by atoms with Crippen molar-refractivity contribution in [2.75, 3.05) is 23.4 Å². The van der Waals surface area contributed by atoms with E-state index in [0.29, 0.717) is 5.69 Å². The van der Waals surface area contributed by atoms with Crippen molar-refractivity contribution in [3.05, 3.63) is 53.6 Å². The summed E-state index contributed by atoms with van der Waals surface area (Å²) >= 11 is 0. The maximum Gasteiger partial charge on any atom is 0.243 e. The number of para-hydroxylation sites is 1. The second-order valence-electron chi connectivity index (χ2n) is 6.60. The molecule has 6 heteroatoms. The third-order valence-corrected chi connectivity index (χ3v) is 5.29. The van der Waals surface area contributed by atoms with Gasteiger partial charge in [-0.2, -0.15) is 0 Å². The second kappa shape index (κ2) is 8.36. The average Bonchev–Trinajstić information content (AvgIpc) is 2.59. The molecule has 2 rings (SSSR count). The molecule has 0 saturated heterocycles. The molecule has 0 heterocycles. The van der Waals surface area contributed by atoms with Gasteiger partial charge in [-0.3, -0.25) is 4.79 Å². The number of anilines is 2. The molecule has 0 fully saturated rings. The molecular weight excluding hydrogens is 348 g/mol. The number of hydrogen-bond donors (Lipinski definition) is 2. The molecule has 1 amide bonds. The number of carbonyl (C=O) groups is 1. The standard InChI is InChI=1S/C20H26N2O3S/c1-5-15-10-11-18(19(12-15)26(4,24)25)21-13-20(23)22-17-9-7-6-8-16(17)14(2)3/h6-12,14,21H,5,13H2,1-4H3,(H,22,23). The van der Waals surface area contributed by atoms with Crippen molar-refractivity contribution < 1.29 is 13.2 Å². The van der Waals surface area contributed by atoms with Crippen LogP contribution in [-0.2, 0) is 21.1 Å². The van der Waals surface area contributed by atoms with Crippen molar-refractivity contribution in [3.63, 3.8) is 0 Å². The van der Waals surface area contributed by atoms with Crippen LogP contribution < -0.4 is 10.6 Å². The van der Waals surface area contributed by atoms with E-state index in [1.165, 1.54) is 6.26 Å². The van der Waals surface area contributed by atoms with Gasteiger partial charge in [0.1, 0.15) is 0 Å². The lowest BCUT2D eigenvalue weighted by Crippen LogP contribution is -2.23. The van der Waals surface area contributed by atoms with Crippen LogP contribution in [0.25, 0.3) is 0 Å². The Hall–Kier alpha value is -2.34. The van der Waals surface area contributed by atoms with Crippen LogP contribution in [0.15, 0.2) is 47.4 Å². The number of benzene rings is 2. The van der Waals surface area contributed by atoms with Gasteiger partial charge in [-0.25, -0.2) is 8.42 Å². The summed E-state index contributed by atoms with van der Waals surface area (Å²) in [7, 11) is -3.39. The average molecular weight is 375 g/mol. The molecule has 0 bridgehead atoms. The number of hydrogen-bond acceptors (Lipinski definition) is 4. The van der Waals surface area contributed by atoms with Gasteiger partial charge in [-0.1, -0.05) is 45.0 Å². The van der Waals surface area contributed by atoms with E-state index in [1.54, 1.807) is 12.1 Å². The Labute approximate surface area is 155 Å². The third-order valence-electron chi connectivity index (χ3n) is 4.15. The first-order valence-electron chi connectivity index (χ1n) is 8.68. The fourth-order valence-electron chi connectivity index (χ4n) is 2.72. The molecule has 0 aromatic heterocycles. The molecule has 0 unspecified atom stereocenters. The minimum Gasteiger partial charge on any atom is -0.375 e. The topological polar surface area (TPSA) is 75.3 Å². The van der Waals surface area contributed by atoms with Gasteiger partial charge in [-0.05, 0) is 41.7 Å². The number of nitrogens with one attached hydrogen (secondary N) is 2. The molecule has 5 nitrogen and oxygen atoms in total. The summed E-state index contributed by atoms with van der Waals surface area (Å²) in [6.45, 7) is 6.09. The highest BCUT2D eigenvalue weighted by atomic mass is 32.2. The Kier molecular flexibility index (Phi) is 6.42. The van der Waals surface area contributed by atoms with Gasteiger partial charge < -0.3 is 10.6 Å². The van der Waals surface area contributed by atoms with E-state index >= 15 is 0 Å². The van der Waals surface area contributed by atoms with Crippen molar-refractivity contribution in [3.8, 4) is 0 Å². The van der Waals surface area contributed by atoms with Gasteiger partial charge in [0.05, 0.1) is 17.1 Å². The Morgan fingerprint density at radius 1 is 1.08 bits per heavy atom. The van der Waals surface area contributed by atoms with E-state index in [0.717, 1.165) is 23.2 Å². The highest BCUT2D eigenvalue weighted by molar-refractivity contribution is 7.90. The highest BCUT2D eigenvalue weighted by Gasteiger charge is 2.15. The van der Waals surface area contributed by atoms with Crippen LogP contribution in [0.5, 0.6) is 0 Å². The SMILES string of the molecule is CCc1ccc(NCC(=O)Nc2ccccc2C(C)C)c(S(C)(=O)=O)c1. The molecule has 26 heavy (non-hydrogen) atoms. The predicted octanol–water partition coefficient (Wildman–Crippen LogP) is 3.83. The summed E-state index contributed by atoms with van der Waals surface area (Å²) in [6, 6.07) is 12.9. The minimum atomic E-state index is -3.39. The molecule has 2 aromatic rings. The lowest BCUT2D eigenvalue weighted by Gasteiger charge is -2.15. The largest absolute Gasteiger partial charge is 0.375 e. The highest BCUT2D eigenvalue weighted by Crippen LogP contribution is 2.25. The van der Waals surface area contributed by atoms with Gasteiger partial charge in [-0.15, -0.1) is 0 Å². The molecule has 0 aliphatic rings. The third kappa shape index (κ3) is 5.08. The summed E-state index contributed by atoms with van der Waals surface area (Å²) in [6.07, 6.45) is 1.92. The first-order chi connectivity index (χ1) is 12.2. The Balaban J connectivity index is 2.13. The number of sulfone groups is 1. The molecule has 0 spiro atoms. The zero-order valence-corrected chi connectivity index (χ0v) is 16.5. The molecule has 0 aliphatic heterocycles. The monoisotopic (exact) mass is 374 g/mol. The van der Waals surface area contributed by atoms with Gasteiger partial charge in [0.25, 0.3) is 0 Å².